The highest BCUT2D eigenvalue weighted by molar-refractivity contribution is 9.10. The molecule has 0 saturated carbocycles. The number of likely N-dealkylation sites (tertiary alicyclic amines) is 1. The fourth-order valence-electron chi connectivity index (χ4n) is 4.74. The molecule has 0 aliphatic carbocycles. The standard InChI is InChI=1S/C19H20BrClN4O3S/c1-2-29-18-22-16-13(11-7-28-8-12(11)14(20)15(16)21)17(23-18)25-9-3-4-10(25)6-24(5-9)19(26)27/h9-10H,2-8H2,1H3,(H,26,27). The van der Waals surface area contributed by atoms with Gasteiger partial charge in [0.05, 0.1) is 29.1 Å². The number of carbonyl (C=O) groups is 1. The van der Waals surface area contributed by atoms with Gasteiger partial charge in [0, 0.05) is 29.6 Å². The molecule has 4 heterocycles. The van der Waals surface area contributed by atoms with Gasteiger partial charge in [-0.1, -0.05) is 30.3 Å². The van der Waals surface area contributed by atoms with Crippen LogP contribution in [0, 0.1) is 0 Å². The predicted octanol–water partition coefficient (Wildman–Crippen LogP) is 4.52. The first-order valence-electron chi connectivity index (χ1n) is 9.66. The van der Waals surface area contributed by atoms with E-state index in [1.165, 1.54) is 4.90 Å². The molecular weight excluding hydrogens is 480 g/mol. The number of ether oxygens (including phenoxy) is 1. The molecule has 29 heavy (non-hydrogen) atoms. The number of hydrogen-bond acceptors (Lipinski definition) is 6. The topological polar surface area (TPSA) is 78.8 Å². The lowest BCUT2D eigenvalue weighted by molar-refractivity contribution is 0.133. The van der Waals surface area contributed by atoms with E-state index in [0.717, 1.165) is 50.9 Å². The van der Waals surface area contributed by atoms with Gasteiger partial charge < -0.3 is 19.6 Å². The molecule has 2 fully saturated rings. The van der Waals surface area contributed by atoms with Crippen LogP contribution < -0.4 is 4.90 Å². The number of piperazine rings is 1. The fourth-order valence-corrected chi connectivity index (χ4v) is 6.09. The highest BCUT2D eigenvalue weighted by Crippen LogP contribution is 2.46. The molecule has 3 aliphatic rings. The minimum atomic E-state index is -0.849. The predicted molar refractivity (Wildman–Crippen MR) is 116 cm³/mol. The van der Waals surface area contributed by atoms with E-state index in [9.17, 15) is 9.90 Å². The summed E-state index contributed by atoms with van der Waals surface area (Å²) < 4.78 is 6.59. The SMILES string of the molecule is CCSc1nc(N2C3CCC2CN(C(=O)O)C3)c2c3c(c(Br)c(Cl)c2n1)COC3. The number of fused-ring (bicyclic) bond motifs is 5. The number of thioether (sulfide) groups is 1. The van der Waals surface area contributed by atoms with Crippen LogP contribution in [0.4, 0.5) is 10.6 Å². The third-order valence-electron chi connectivity index (χ3n) is 5.96. The Morgan fingerprint density at radius 3 is 2.62 bits per heavy atom. The Balaban J connectivity index is 1.72. The lowest BCUT2D eigenvalue weighted by Gasteiger charge is -2.41. The van der Waals surface area contributed by atoms with Crippen LogP contribution in [-0.2, 0) is 18.0 Å². The first-order valence-corrected chi connectivity index (χ1v) is 11.8. The van der Waals surface area contributed by atoms with E-state index >= 15 is 0 Å². The number of anilines is 1. The van der Waals surface area contributed by atoms with E-state index in [2.05, 4.69) is 27.8 Å². The van der Waals surface area contributed by atoms with Gasteiger partial charge in [-0.2, -0.15) is 0 Å². The van der Waals surface area contributed by atoms with Crippen molar-refractivity contribution in [3.63, 3.8) is 0 Å². The first-order chi connectivity index (χ1) is 14.0. The molecule has 0 radical (unpaired) electrons. The van der Waals surface area contributed by atoms with Crippen molar-refractivity contribution in [3.05, 3.63) is 20.6 Å². The largest absolute Gasteiger partial charge is 0.465 e. The molecule has 2 bridgehead atoms. The number of rotatable bonds is 3. The molecule has 1 aromatic heterocycles. The maximum absolute atomic E-state index is 11.5. The van der Waals surface area contributed by atoms with Crippen LogP contribution in [0.25, 0.3) is 10.9 Å². The Hall–Kier alpha value is -1.29. The lowest BCUT2D eigenvalue weighted by Crippen LogP contribution is -2.55. The van der Waals surface area contributed by atoms with Crippen molar-refractivity contribution in [1.82, 2.24) is 14.9 Å². The number of halogens is 2. The summed E-state index contributed by atoms with van der Waals surface area (Å²) in [6.07, 6.45) is 1.07. The average molecular weight is 500 g/mol. The van der Waals surface area contributed by atoms with Crippen LogP contribution >= 0.6 is 39.3 Å². The molecule has 1 N–H and O–H groups in total. The first kappa shape index (κ1) is 19.7. The zero-order chi connectivity index (χ0) is 20.3. The number of benzene rings is 1. The van der Waals surface area contributed by atoms with Crippen molar-refractivity contribution in [1.29, 1.82) is 0 Å². The number of hydrogen-bond donors (Lipinski definition) is 1. The monoisotopic (exact) mass is 498 g/mol. The van der Waals surface area contributed by atoms with E-state index in [-0.39, 0.29) is 12.1 Å². The number of carboxylic acid groups (broad SMARTS) is 1. The zero-order valence-electron chi connectivity index (χ0n) is 15.8. The Labute approximate surface area is 185 Å². The minimum absolute atomic E-state index is 0.114. The maximum Gasteiger partial charge on any atom is 0.407 e. The molecule has 7 nitrogen and oxygen atoms in total. The van der Waals surface area contributed by atoms with Crippen LogP contribution in [0.3, 0.4) is 0 Å². The summed E-state index contributed by atoms with van der Waals surface area (Å²) in [6, 6.07) is 0.227. The molecule has 10 heteroatoms. The summed E-state index contributed by atoms with van der Waals surface area (Å²) in [5.74, 6) is 1.73. The van der Waals surface area contributed by atoms with Gasteiger partial charge in [0.2, 0.25) is 0 Å². The molecule has 2 saturated heterocycles. The smallest absolute Gasteiger partial charge is 0.407 e. The Morgan fingerprint density at radius 1 is 1.28 bits per heavy atom. The van der Waals surface area contributed by atoms with E-state index in [0.29, 0.717) is 36.5 Å². The molecule has 5 rings (SSSR count). The second-order valence-corrected chi connectivity index (χ2v) is 9.95. The van der Waals surface area contributed by atoms with Crippen LogP contribution in [0.2, 0.25) is 5.02 Å². The van der Waals surface area contributed by atoms with Gasteiger partial charge >= 0.3 is 6.09 Å². The highest BCUT2D eigenvalue weighted by Gasteiger charge is 2.43. The minimum Gasteiger partial charge on any atom is -0.465 e. The molecule has 1 aromatic carbocycles. The average Bonchev–Trinajstić information content (AvgIpc) is 3.28. The summed E-state index contributed by atoms with van der Waals surface area (Å²) in [5, 5.41) is 11.7. The Morgan fingerprint density at radius 2 is 1.97 bits per heavy atom. The molecule has 1 amide bonds. The molecule has 0 spiro atoms. The van der Waals surface area contributed by atoms with E-state index < -0.39 is 6.09 Å². The summed E-state index contributed by atoms with van der Waals surface area (Å²) in [5.41, 5.74) is 2.88. The van der Waals surface area contributed by atoms with Gasteiger partial charge in [-0.25, -0.2) is 14.8 Å². The fraction of sp³-hybridized carbons (Fsp3) is 0.526. The van der Waals surface area contributed by atoms with Crippen LogP contribution in [0.15, 0.2) is 9.63 Å². The van der Waals surface area contributed by atoms with E-state index in [1.54, 1.807) is 11.8 Å². The van der Waals surface area contributed by atoms with Gasteiger partial charge in [0.25, 0.3) is 0 Å². The molecular formula is C19H20BrClN4O3S. The molecule has 2 aromatic rings. The quantitative estimate of drug-likeness (QED) is 0.491. The van der Waals surface area contributed by atoms with Crippen LogP contribution in [0.1, 0.15) is 30.9 Å². The van der Waals surface area contributed by atoms with E-state index in [1.807, 2.05) is 0 Å². The molecule has 2 atom stereocenters. The van der Waals surface area contributed by atoms with Crippen molar-refractivity contribution in [2.45, 2.75) is 50.2 Å². The van der Waals surface area contributed by atoms with Gasteiger partial charge in [-0.05, 0) is 45.7 Å². The third kappa shape index (κ3) is 3.08. The summed E-state index contributed by atoms with van der Waals surface area (Å²) >= 11 is 12.0. The molecule has 154 valence electrons. The maximum atomic E-state index is 11.5. The number of nitrogens with zero attached hydrogens (tertiary/aromatic N) is 4. The summed E-state index contributed by atoms with van der Waals surface area (Å²) in [7, 11) is 0. The van der Waals surface area contributed by atoms with Crippen molar-refractivity contribution in [2.24, 2.45) is 0 Å². The lowest BCUT2D eigenvalue weighted by atomic mass is 10.0. The Bertz CT molecular complexity index is 1010. The number of amides is 1. The van der Waals surface area contributed by atoms with Crippen molar-refractivity contribution >= 4 is 62.1 Å². The van der Waals surface area contributed by atoms with Gasteiger partial charge in [-0.3, -0.25) is 0 Å². The number of aromatic nitrogens is 2. The Kier molecular flexibility index (Phi) is 5.04. The second kappa shape index (κ2) is 7.44. The summed E-state index contributed by atoms with van der Waals surface area (Å²) in [4.78, 5) is 25.1. The van der Waals surface area contributed by atoms with Gasteiger partial charge in [0.15, 0.2) is 5.16 Å². The third-order valence-corrected chi connectivity index (χ3v) is 8.17. The van der Waals surface area contributed by atoms with Crippen molar-refractivity contribution in [3.8, 4) is 0 Å². The van der Waals surface area contributed by atoms with Gasteiger partial charge in [0.1, 0.15) is 5.82 Å². The second-order valence-electron chi connectivity index (χ2n) is 7.54. The van der Waals surface area contributed by atoms with E-state index in [4.69, 9.17) is 26.3 Å². The van der Waals surface area contributed by atoms with Gasteiger partial charge in [-0.15, -0.1) is 0 Å². The normalized spacial score (nSPS) is 23.1. The van der Waals surface area contributed by atoms with Crippen molar-refractivity contribution < 1.29 is 14.6 Å². The van der Waals surface area contributed by atoms with Crippen LogP contribution in [0.5, 0.6) is 0 Å². The summed E-state index contributed by atoms with van der Waals surface area (Å²) in [6.45, 7) is 4.08. The van der Waals surface area contributed by atoms with Crippen LogP contribution in [-0.4, -0.2) is 57.0 Å². The molecule has 3 aliphatic heterocycles. The highest BCUT2D eigenvalue weighted by atomic mass is 79.9. The van der Waals surface area contributed by atoms with Crippen molar-refractivity contribution in [2.75, 3.05) is 23.7 Å². The zero-order valence-corrected chi connectivity index (χ0v) is 19.0. The molecule has 2 unspecified atom stereocenters.